The largest absolute Gasteiger partial charge is 1.00 e. The maximum atomic E-state index is 12.4. The first-order chi connectivity index (χ1) is 23.9. The predicted octanol–water partition coefficient (Wildman–Crippen LogP) is -6.90. The Bertz CT molecular complexity index is 2860. The molecule has 0 atom stereocenters. The van der Waals surface area contributed by atoms with Crippen molar-refractivity contribution < 1.29 is 203 Å². The molecule has 0 bridgehead atoms. The molecule has 293 valence electrons. The quantitative estimate of drug-likeness (QED) is 0.0366. The number of phenolic OH excluding ortho intramolecular Hbond substituents is 2. The van der Waals surface area contributed by atoms with Crippen molar-refractivity contribution in [2.24, 2.45) is 10.2 Å². The van der Waals surface area contributed by atoms with E-state index in [0.29, 0.717) is 24.3 Å². The van der Waals surface area contributed by atoms with Gasteiger partial charge in [-0.1, -0.05) is 17.7 Å². The summed E-state index contributed by atoms with van der Waals surface area (Å²) in [6.45, 7) is 0. The van der Waals surface area contributed by atoms with Crippen LogP contribution in [-0.2, 0) is 57.5 Å². The second-order valence-electron chi connectivity index (χ2n) is 10.0. The van der Waals surface area contributed by atoms with E-state index in [9.17, 15) is 62.1 Å². The molecule has 0 aliphatic rings. The number of phenols is 2. The van der Waals surface area contributed by atoms with E-state index in [2.05, 4.69) is 35.8 Å². The number of azo groups is 1. The van der Waals surface area contributed by atoms with E-state index in [-0.39, 0.29) is 153 Å². The van der Waals surface area contributed by atoms with Gasteiger partial charge in [0.2, 0.25) is 17.2 Å². The minimum atomic E-state index is -5.36. The summed E-state index contributed by atoms with van der Waals surface area (Å²) < 4.78 is 134. The summed E-state index contributed by atoms with van der Waals surface area (Å²) in [5, 5.41) is 31.7. The van der Waals surface area contributed by atoms with Crippen LogP contribution in [0.5, 0.6) is 11.5 Å². The summed E-state index contributed by atoms with van der Waals surface area (Å²) in [5.74, 6) is -2.93. The maximum Gasteiger partial charge on any atom is 1.00 e. The molecular weight excluding hydrogens is 977 g/mol. The van der Waals surface area contributed by atoms with Crippen molar-refractivity contribution in [3.63, 3.8) is 0 Å². The molecule has 1 heterocycles. The van der Waals surface area contributed by atoms with Crippen molar-refractivity contribution in [1.82, 2.24) is 15.0 Å². The molecule has 0 aliphatic heterocycles. The molecule has 5 aromatic rings. The molecule has 0 fully saturated rings. The van der Waals surface area contributed by atoms with Crippen LogP contribution in [0.4, 0.5) is 34.6 Å². The van der Waals surface area contributed by atoms with Gasteiger partial charge in [-0.25, -0.2) is 0 Å². The Hall–Kier alpha value is -0.311. The molecule has 8 N–H and O–H groups in total. The molecule has 1 radical (unpaired) electrons. The summed E-state index contributed by atoms with van der Waals surface area (Å²) in [5.41, 5.74) is -2.31. The van der Waals surface area contributed by atoms with Crippen LogP contribution in [0.2, 0.25) is 10.3 Å². The predicted molar refractivity (Wildman–Crippen MR) is 184 cm³/mol. The first-order valence-corrected chi connectivity index (χ1v) is 19.7. The van der Waals surface area contributed by atoms with E-state index < -0.39 is 116 Å². The van der Waals surface area contributed by atoms with Crippen LogP contribution in [0.1, 0.15) is 5.71 Å². The molecule has 1 aromatic heterocycles. The molecule has 0 aliphatic carbocycles. The zero-order chi connectivity index (χ0) is 38.6. The molecule has 57 heavy (non-hydrogen) atoms. The fraction of sp³-hybridized carbons (Fsp3) is 0. The van der Waals surface area contributed by atoms with Gasteiger partial charge >= 0.3 is 118 Å². The average molecular weight is 998 g/mol. The number of anilines is 4. The van der Waals surface area contributed by atoms with Gasteiger partial charge in [0.15, 0.2) is 11.5 Å². The molecule has 0 unspecified atom stereocenters. The van der Waals surface area contributed by atoms with Gasteiger partial charge in [-0.3, -0.25) is 18.2 Å². The first kappa shape index (κ1) is 56.7. The molecule has 0 amide bonds. The number of halogens is 2. The van der Waals surface area contributed by atoms with Gasteiger partial charge in [-0.15, -0.1) is 10.2 Å². The minimum Gasteiger partial charge on any atom is -1.00 e. The van der Waals surface area contributed by atoms with Gasteiger partial charge in [0, 0.05) is 28.1 Å². The summed E-state index contributed by atoms with van der Waals surface area (Å²) in [6, 6.07) is 7.98. The van der Waals surface area contributed by atoms with Crippen molar-refractivity contribution in [2.45, 2.75) is 19.6 Å². The normalized spacial score (nSPS) is 11.6. The second-order valence-corrected chi connectivity index (χ2v) is 16.4. The molecule has 0 saturated heterocycles. The SMILES string of the molecule is O=S(=O)(O)c1cccc(Nc2nc(Cl)nc(Nc3cc(S(=O)(=O)O)cc4cc(S(=O)(=O)O)c(N=Nc5cc(S(=O)(=O)O)cc(Cl)c5O)c(O)c34)n2)c1.[Cu].[H-].[H-].[H-].[H-].[Na+].[Na+].[Na+].[Na+]. The third-order valence-electron chi connectivity index (χ3n) is 6.51. The van der Waals surface area contributed by atoms with Gasteiger partial charge in [-0.2, -0.15) is 48.6 Å². The van der Waals surface area contributed by atoms with E-state index >= 15 is 0 Å². The number of benzene rings is 4. The van der Waals surface area contributed by atoms with Crippen LogP contribution in [0.3, 0.4) is 0 Å². The van der Waals surface area contributed by atoms with Crippen LogP contribution in [0.25, 0.3) is 10.8 Å². The Morgan fingerprint density at radius 3 is 1.70 bits per heavy atom. The monoisotopic (exact) mass is 996 g/mol. The van der Waals surface area contributed by atoms with Crippen LogP contribution < -0.4 is 129 Å². The van der Waals surface area contributed by atoms with Gasteiger partial charge in [-0.05, 0) is 65.5 Å². The van der Waals surface area contributed by atoms with Gasteiger partial charge in [0.25, 0.3) is 40.5 Å². The van der Waals surface area contributed by atoms with E-state index in [1.54, 1.807) is 0 Å². The Morgan fingerprint density at radius 2 is 1.16 bits per heavy atom. The van der Waals surface area contributed by atoms with Crippen molar-refractivity contribution in [1.29, 1.82) is 0 Å². The number of nitrogens with zero attached hydrogens (tertiary/aromatic N) is 5. The van der Waals surface area contributed by atoms with Crippen molar-refractivity contribution in [3.05, 3.63) is 64.9 Å². The average Bonchev–Trinajstić information content (AvgIpc) is 3.00. The van der Waals surface area contributed by atoms with E-state index in [1.807, 2.05) is 0 Å². The Labute approximate surface area is 437 Å². The van der Waals surface area contributed by atoms with Crippen LogP contribution in [0.15, 0.2) is 84.4 Å². The number of fused-ring (bicyclic) bond motifs is 1. The van der Waals surface area contributed by atoms with Crippen LogP contribution in [-0.4, -0.2) is 77.0 Å². The van der Waals surface area contributed by atoms with Crippen molar-refractivity contribution in [2.75, 3.05) is 10.6 Å². The number of aromatic hydroxyl groups is 2. The Kier molecular flexibility index (Phi) is 21.5. The second kappa shape index (κ2) is 21.7. The summed E-state index contributed by atoms with van der Waals surface area (Å²) in [7, 11) is -20.0. The molecule has 0 spiro atoms. The standard InChI is InChI=1S/C25H17Cl2N7O14S4.Cu.4Na.4H/c26-15-7-14(51(43,44)45)9-17(21(15)35)33-34-20-18(52(46,47)48)5-10-4-13(50(40,41)42)8-16(19(10)22(20)36)29-25-31-23(27)30-24(32-25)28-11-2-1-3-12(6-11)49(37,38)39;;;;;;;;;/h1-9,35-36H,(H,37,38,39)(H,40,41,42)(H,43,44,45)(H,46,47,48)(H2,28,29,30,31,32);;;;;;;;;/q;;4*+1;4*-1. The van der Waals surface area contributed by atoms with Gasteiger partial charge in [0.1, 0.15) is 16.3 Å². The number of rotatable bonds is 10. The molecule has 32 heteroatoms. The summed E-state index contributed by atoms with van der Waals surface area (Å²) in [6.07, 6.45) is 0. The Balaban J connectivity index is -0.00000116. The van der Waals surface area contributed by atoms with E-state index in [0.717, 1.165) is 18.2 Å². The number of aromatic nitrogens is 3. The van der Waals surface area contributed by atoms with Gasteiger partial charge in [0.05, 0.1) is 25.4 Å². The number of nitrogens with one attached hydrogen (secondary N) is 2. The van der Waals surface area contributed by atoms with Crippen LogP contribution in [0, 0.1) is 0 Å². The van der Waals surface area contributed by atoms with Crippen LogP contribution >= 0.6 is 23.2 Å². The van der Waals surface area contributed by atoms with E-state index in [1.165, 1.54) is 12.1 Å². The summed E-state index contributed by atoms with van der Waals surface area (Å²) >= 11 is 11.8. The smallest absolute Gasteiger partial charge is 1.00 e. The molecule has 5 rings (SSSR count). The Morgan fingerprint density at radius 1 is 0.614 bits per heavy atom. The zero-order valence-electron chi connectivity index (χ0n) is 33.1. The molecule has 0 saturated carbocycles. The third kappa shape index (κ3) is 14.1. The minimum absolute atomic E-state index is 0. The fourth-order valence-corrected chi connectivity index (χ4v) is 7.03. The summed E-state index contributed by atoms with van der Waals surface area (Å²) in [4.78, 5) is 8.21. The topological polar surface area (TPSA) is 345 Å². The molecular formula is C25H21Cl2CuN7Na4O14S4. The third-order valence-corrected chi connectivity index (χ3v) is 10.4. The molecule has 4 aromatic carbocycles. The van der Waals surface area contributed by atoms with Crippen molar-refractivity contribution in [3.8, 4) is 11.5 Å². The number of hydrogen-bond acceptors (Lipinski definition) is 17. The first-order valence-electron chi connectivity index (χ1n) is 13.2. The maximum absolute atomic E-state index is 12.4. The van der Waals surface area contributed by atoms with Gasteiger partial charge < -0.3 is 26.6 Å². The van der Waals surface area contributed by atoms with E-state index in [4.69, 9.17) is 23.2 Å². The molecule has 21 nitrogen and oxygen atoms in total. The number of hydrogen-bond donors (Lipinski definition) is 8. The fourth-order valence-electron chi connectivity index (χ4n) is 4.34. The van der Waals surface area contributed by atoms with Crippen molar-refractivity contribution >= 4 is 109 Å². The zero-order valence-corrected chi connectivity index (χ0v) is 42.8.